The molecule has 2 aromatic rings. The van der Waals surface area contributed by atoms with Crippen LogP contribution in [0.25, 0.3) is 0 Å². The van der Waals surface area contributed by atoms with Crippen LogP contribution in [0.1, 0.15) is 30.5 Å². The Morgan fingerprint density at radius 3 is 2.91 bits per heavy atom. The Labute approximate surface area is 133 Å². The Bertz CT molecular complexity index is 727. The number of benzene rings is 1. The first-order valence-electron chi connectivity index (χ1n) is 7.55. The highest BCUT2D eigenvalue weighted by molar-refractivity contribution is 5.97. The third kappa shape index (κ3) is 3.08. The van der Waals surface area contributed by atoms with Gasteiger partial charge in [0.1, 0.15) is 18.7 Å². The molecule has 1 atom stereocenters. The van der Waals surface area contributed by atoms with E-state index in [1.807, 2.05) is 18.2 Å². The van der Waals surface area contributed by atoms with Gasteiger partial charge in [0.2, 0.25) is 0 Å². The van der Waals surface area contributed by atoms with Crippen molar-refractivity contribution < 1.29 is 14.7 Å². The van der Waals surface area contributed by atoms with E-state index in [2.05, 4.69) is 10.1 Å². The molecular weight excluding hydrogens is 296 g/mol. The molecule has 3 rings (SSSR count). The number of nitrogens with zero attached hydrogens (tertiary/aromatic N) is 4. The highest BCUT2D eigenvalue weighted by Gasteiger charge is 2.27. The fourth-order valence-electron chi connectivity index (χ4n) is 2.89. The number of amides is 1. The summed E-state index contributed by atoms with van der Waals surface area (Å²) in [7, 11) is 0. The van der Waals surface area contributed by atoms with Gasteiger partial charge >= 0.3 is 5.97 Å². The van der Waals surface area contributed by atoms with Crippen molar-refractivity contribution >= 4 is 17.6 Å². The van der Waals surface area contributed by atoms with Crippen molar-refractivity contribution in [2.45, 2.75) is 32.2 Å². The lowest BCUT2D eigenvalue weighted by molar-refractivity contribution is -0.136. The van der Waals surface area contributed by atoms with E-state index in [1.165, 1.54) is 17.3 Å². The summed E-state index contributed by atoms with van der Waals surface area (Å²) in [5, 5.41) is 13.0. The summed E-state index contributed by atoms with van der Waals surface area (Å²) in [4.78, 5) is 29.3. The predicted octanol–water partition coefficient (Wildman–Crippen LogP) is 1.45. The standard InChI is InChI=1S/C16H18N4O3/c1-11(20-10-17-9-18-20)16(23)19-6-2-3-13-5-4-12(7-14(13)19)8-15(21)22/h4-5,7,9-11H,2-3,6,8H2,1H3,(H,21,22). The number of aryl methyl sites for hydroxylation is 1. The zero-order valence-corrected chi connectivity index (χ0v) is 12.8. The van der Waals surface area contributed by atoms with E-state index in [4.69, 9.17) is 5.11 Å². The lowest BCUT2D eigenvalue weighted by Crippen LogP contribution is -2.40. The summed E-state index contributed by atoms with van der Waals surface area (Å²) < 4.78 is 1.53. The van der Waals surface area contributed by atoms with Crippen LogP contribution in [0, 0.1) is 0 Å². The zero-order valence-electron chi connectivity index (χ0n) is 12.8. The van der Waals surface area contributed by atoms with Crippen molar-refractivity contribution in [3.05, 3.63) is 42.0 Å². The van der Waals surface area contributed by atoms with E-state index in [-0.39, 0.29) is 12.3 Å². The number of carbonyl (C=O) groups excluding carboxylic acids is 1. The van der Waals surface area contributed by atoms with E-state index in [0.29, 0.717) is 12.1 Å². The van der Waals surface area contributed by atoms with Gasteiger partial charge in [0.05, 0.1) is 6.42 Å². The number of anilines is 1. The second-order valence-electron chi connectivity index (χ2n) is 5.68. The summed E-state index contributed by atoms with van der Waals surface area (Å²) in [6.45, 7) is 2.41. The minimum atomic E-state index is -0.880. The third-order valence-corrected chi connectivity index (χ3v) is 4.08. The number of aromatic nitrogens is 3. The van der Waals surface area contributed by atoms with E-state index in [9.17, 15) is 9.59 Å². The lowest BCUT2D eigenvalue weighted by atomic mass is 9.98. The zero-order chi connectivity index (χ0) is 16.4. The van der Waals surface area contributed by atoms with Crippen LogP contribution in [0.2, 0.25) is 0 Å². The van der Waals surface area contributed by atoms with Gasteiger partial charge in [0.25, 0.3) is 5.91 Å². The number of carboxylic acid groups (broad SMARTS) is 1. The van der Waals surface area contributed by atoms with Gasteiger partial charge in [0.15, 0.2) is 0 Å². The summed E-state index contributed by atoms with van der Waals surface area (Å²) in [6.07, 6.45) is 4.66. The third-order valence-electron chi connectivity index (χ3n) is 4.08. The number of rotatable bonds is 4. The van der Waals surface area contributed by atoms with Crippen LogP contribution in [0.15, 0.2) is 30.9 Å². The molecule has 7 heteroatoms. The molecule has 1 unspecified atom stereocenters. The van der Waals surface area contributed by atoms with Gasteiger partial charge < -0.3 is 10.0 Å². The Balaban J connectivity index is 1.90. The van der Waals surface area contributed by atoms with Crippen LogP contribution in [-0.2, 0) is 22.4 Å². The van der Waals surface area contributed by atoms with Crippen molar-refractivity contribution in [2.75, 3.05) is 11.4 Å². The van der Waals surface area contributed by atoms with Crippen molar-refractivity contribution in [3.8, 4) is 0 Å². The fourth-order valence-corrected chi connectivity index (χ4v) is 2.89. The monoisotopic (exact) mass is 314 g/mol. The maximum atomic E-state index is 12.8. The normalized spacial score (nSPS) is 15.1. The average molecular weight is 314 g/mol. The van der Waals surface area contributed by atoms with Gasteiger partial charge in [-0.05, 0) is 37.0 Å². The molecule has 1 aromatic heterocycles. The molecule has 0 aliphatic carbocycles. The SMILES string of the molecule is CC(C(=O)N1CCCc2ccc(CC(=O)O)cc21)n1cncn1. The van der Waals surface area contributed by atoms with Crippen LogP contribution in [0.4, 0.5) is 5.69 Å². The van der Waals surface area contributed by atoms with Gasteiger partial charge in [-0.2, -0.15) is 5.10 Å². The lowest BCUT2D eigenvalue weighted by Gasteiger charge is -2.31. The van der Waals surface area contributed by atoms with Crippen LogP contribution < -0.4 is 4.90 Å². The topological polar surface area (TPSA) is 88.3 Å². The number of fused-ring (bicyclic) bond motifs is 1. The number of aliphatic carboxylic acids is 1. The second kappa shape index (κ2) is 6.20. The molecule has 1 amide bonds. The van der Waals surface area contributed by atoms with Gasteiger partial charge in [-0.25, -0.2) is 9.67 Å². The van der Waals surface area contributed by atoms with Gasteiger partial charge in [-0.1, -0.05) is 12.1 Å². The highest BCUT2D eigenvalue weighted by atomic mass is 16.4. The molecule has 2 heterocycles. The van der Waals surface area contributed by atoms with Crippen LogP contribution in [0.3, 0.4) is 0 Å². The fraction of sp³-hybridized carbons (Fsp3) is 0.375. The summed E-state index contributed by atoms with van der Waals surface area (Å²) in [5.74, 6) is -0.946. The predicted molar refractivity (Wildman–Crippen MR) is 83.2 cm³/mol. The van der Waals surface area contributed by atoms with Gasteiger partial charge in [0, 0.05) is 12.2 Å². The van der Waals surface area contributed by atoms with Gasteiger partial charge in [-0.3, -0.25) is 9.59 Å². The number of hydrogen-bond acceptors (Lipinski definition) is 4. The molecule has 1 aromatic carbocycles. The molecule has 1 aliphatic heterocycles. The second-order valence-corrected chi connectivity index (χ2v) is 5.68. The van der Waals surface area contributed by atoms with Crippen molar-refractivity contribution in [1.29, 1.82) is 0 Å². The molecule has 7 nitrogen and oxygen atoms in total. The first kappa shape index (κ1) is 15.2. The summed E-state index contributed by atoms with van der Waals surface area (Å²) >= 11 is 0. The van der Waals surface area contributed by atoms with E-state index in [0.717, 1.165) is 24.1 Å². The number of carboxylic acids is 1. The quantitative estimate of drug-likeness (QED) is 0.922. The Morgan fingerprint density at radius 1 is 1.39 bits per heavy atom. The highest BCUT2D eigenvalue weighted by Crippen LogP contribution is 2.30. The summed E-state index contributed by atoms with van der Waals surface area (Å²) in [5.41, 5.74) is 2.58. The molecule has 0 radical (unpaired) electrons. The average Bonchev–Trinajstić information content (AvgIpc) is 3.06. The van der Waals surface area contributed by atoms with Crippen molar-refractivity contribution in [3.63, 3.8) is 0 Å². The Morgan fingerprint density at radius 2 is 2.22 bits per heavy atom. The number of carbonyl (C=O) groups is 2. The molecule has 1 N–H and O–H groups in total. The summed E-state index contributed by atoms with van der Waals surface area (Å²) in [6, 6.07) is 5.11. The minimum Gasteiger partial charge on any atom is -0.481 e. The van der Waals surface area contributed by atoms with E-state index < -0.39 is 12.0 Å². The molecule has 0 spiro atoms. The molecule has 23 heavy (non-hydrogen) atoms. The molecule has 0 bridgehead atoms. The van der Waals surface area contributed by atoms with Gasteiger partial charge in [-0.15, -0.1) is 0 Å². The Kier molecular flexibility index (Phi) is 4.10. The van der Waals surface area contributed by atoms with Crippen molar-refractivity contribution in [1.82, 2.24) is 14.8 Å². The maximum absolute atomic E-state index is 12.8. The smallest absolute Gasteiger partial charge is 0.307 e. The van der Waals surface area contributed by atoms with Crippen molar-refractivity contribution in [2.24, 2.45) is 0 Å². The van der Waals surface area contributed by atoms with Crippen LogP contribution >= 0.6 is 0 Å². The first-order chi connectivity index (χ1) is 11.1. The molecule has 1 aliphatic rings. The van der Waals surface area contributed by atoms with Crippen LogP contribution in [0.5, 0.6) is 0 Å². The van der Waals surface area contributed by atoms with E-state index >= 15 is 0 Å². The minimum absolute atomic E-state index is 0.0477. The largest absolute Gasteiger partial charge is 0.481 e. The van der Waals surface area contributed by atoms with E-state index in [1.54, 1.807) is 11.8 Å². The first-order valence-corrected chi connectivity index (χ1v) is 7.55. The molecule has 0 fully saturated rings. The number of hydrogen-bond donors (Lipinski definition) is 1. The maximum Gasteiger partial charge on any atom is 0.307 e. The Hall–Kier alpha value is -2.70. The molecule has 0 saturated carbocycles. The van der Waals surface area contributed by atoms with Crippen LogP contribution in [-0.4, -0.2) is 38.3 Å². The molecular formula is C16H18N4O3. The molecule has 0 saturated heterocycles. The molecule has 120 valence electrons.